The van der Waals surface area contributed by atoms with E-state index in [2.05, 4.69) is 28.8 Å². The van der Waals surface area contributed by atoms with Crippen molar-refractivity contribution < 1.29 is 4.74 Å². The quantitative estimate of drug-likeness (QED) is 0.863. The molecule has 1 heterocycles. The van der Waals surface area contributed by atoms with Crippen molar-refractivity contribution in [3.05, 3.63) is 24.3 Å². The zero-order valence-electron chi connectivity index (χ0n) is 12.4. The number of anilines is 1. The average molecular weight is 274 g/mol. The van der Waals surface area contributed by atoms with Crippen molar-refractivity contribution >= 4 is 5.69 Å². The van der Waals surface area contributed by atoms with Gasteiger partial charge in [0, 0.05) is 12.1 Å². The molecule has 1 aromatic carbocycles. The van der Waals surface area contributed by atoms with Gasteiger partial charge in [-0.2, -0.15) is 0 Å². The molecule has 2 N–H and O–H groups in total. The van der Waals surface area contributed by atoms with E-state index in [0.717, 1.165) is 24.0 Å². The predicted molar refractivity (Wildman–Crippen MR) is 83.4 cm³/mol. The van der Waals surface area contributed by atoms with E-state index in [1.54, 1.807) is 0 Å². The first-order chi connectivity index (χ1) is 9.88. The molecule has 1 saturated heterocycles. The molecule has 3 rings (SSSR count). The van der Waals surface area contributed by atoms with Gasteiger partial charge >= 0.3 is 0 Å². The molecule has 3 unspecified atom stereocenters. The first-order valence-electron chi connectivity index (χ1n) is 8.10. The predicted octanol–water partition coefficient (Wildman–Crippen LogP) is 3.42. The first-order valence-corrected chi connectivity index (χ1v) is 8.10. The van der Waals surface area contributed by atoms with Gasteiger partial charge in [-0.25, -0.2) is 0 Å². The standard InChI is InChI=1S/C17H26N2O/c1-2-20-17-11-4-3-8-16(17)19-15-9-5-7-13(15)14-10-6-12-18-14/h3-4,8,11,13-15,18-19H,2,5-7,9-10,12H2,1H3. The normalized spacial score (nSPS) is 29.6. The monoisotopic (exact) mass is 274 g/mol. The van der Waals surface area contributed by atoms with Crippen LogP contribution in [0.15, 0.2) is 24.3 Å². The van der Waals surface area contributed by atoms with Gasteiger partial charge < -0.3 is 15.4 Å². The SMILES string of the molecule is CCOc1ccccc1NC1CCCC1C1CCCN1. The van der Waals surface area contributed by atoms with Crippen LogP contribution in [0.3, 0.4) is 0 Å². The van der Waals surface area contributed by atoms with Crippen molar-refractivity contribution in [3.8, 4) is 5.75 Å². The van der Waals surface area contributed by atoms with Crippen LogP contribution in [0.4, 0.5) is 5.69 Å². The summed E-state index contributed by atoms with van der Waals surface area (Å²) in [5.74, 6) is 1.76. The molecule has 0 radical (unpaired) electrons. The molecule has 110 valence electrons. The maximum absolute atomic E-state index is 5.73. The summed E-state index contributed by atoms with van der Waals surface area (Å²) in [5.41, 5.74) is 1.16. The summed E-state index contributed by atoms with van der Waals surface area (Å²) in [6, 6.07) is 9.64. The maximum Gasteiger partial charge on any atom is 0.142 e. The van der Waals surface area contributed by atoms with E-state index in [-0.39, 0.29) is 0 Å². The number of para-hydroxylation sites is 2. The largest absolute Gasteiger partial charge is 0.492 e. The molecule has 3 heteroatoms. The number of ether oxygens (including phenoxy) is 1. The lowest BCUT2D eigenvalue weighted by molar-refractivity contribution is 0.339. The minimum Gasteiger partial charge on any atom is -0.492 e. The van der Waals surface area contributed by atoms with E-state index in [9.17, 15) is 0 Å². The lowest BCUT2D eigenvalue weighted by Crippen LogP contribution is -2.38. The summed E-state index contributed by atoms with van der Waals surface area (Å²) in [4.78, 5) is 0. The molecule has 3 atom stereocenters. The molecule has 0 amide bonds. The molecule has 1 aromatic rings. The molecule has 2 fully saturated rings. The van der Waals surface area contributed by atoms with Gasteiger partial charge in [0.15, 0.2) is 0 Å². The van der Waals surface area contributed by atoms with Crippen LogP contribution in [0, 0.1) is 5.92 Å². The van der Waals surface area contributed by atoms with Crippen LogP contribution in [-0.4, -0.2) is 25.2 Å². The highest BCUT2D eigenvalue weighted by molar-refractivity contribution is 5.57. The van der Waals surface area contributed by atoms with Gasteiger partial charge in [-0.15, -0.1) is 0 Å². The van der Waals surface area contributed by atoms with Crippen LogP contribution in [0.5, 0.6) is 5.75 Å². The first kappa shape index (κ1) is 13.7. The van der Waals surface area contributed by atoms with Gasteiger partial charge in [-0.05, 0) is 57.2 Å². The van der Waals surface area contributed by atoms with E-state index in [4.69, 9.17) is 4.74 Å². The molecule has 0 spiro atoms. The third kappa shape index (κ3) is 2.93. The van der Waals surface area contributed by atoms with Gasteiger partial charge in [0.1, 0.15) is 5.75 Å². The van der Waals surface area contributed by atoms with E-state index in [1.165, 1.54) is 38.6 Å². The van der Waals surface area contributed by atoms with E-state index in [1.807, 2.05) is 13.0 Å². The topological polar surface area (TPSA) is 33.3 Å². The molecule has 1 saturated carbocycles. The second-order valence-electron chi connectivity index (χ2n) is 5.98. The molecular formula is C17H26N2O. The van der Waals surface area contributed by atoms with Crippen molar-refractivity contribution in [1.82, 2.24) is 5.32 Å². The van der Waals surface area contributed by atoms with Gasteiger partial charge in [0.05, 0.1) is 12.3 Å². The van der Waals surface area contributed by atoms with Gasteiger partial charge in [0.25, 0.3) is 0 Å². The van der Waals surface area contributed by atoms with Crippen LogP contribution >= 0.6 is 0 Å². The Bertz CT molecular complexity index is 429. The minimum atomic E-state index is 0.590. The minimum absolute atomic E-state index is 0.590. The fourth-order valence-corrected chi connectivity index (χ4v) is 3.79. The second kappa shape index (κ2) is 6.49. The molecule has 3 nitrogen and oxygen atoms in total. The molecule has 20 heavy (non-hydrogen) atoms. The van der Waals surface area contributed by atoms with Crippen molar-refractivity contribution in [2.24, 2.45) is 5.92 Å². The molecule has 0 bridgehead atoms. The zero-order chi connectivity index (χ0) is 13.8. The number of nitrogens with one attached hydrogen (secondary N) is 2. The Morgan fingerprint density at radius 2 is 2.10 bits per heavy atom. The molecular weight excluding hydrogens is 248 g/mol. The number of hydrogen-bond acceptors (Lipinski definition) is 3. The summed E-state index contributed by atoms with van der Waals surface area (Å²) in [6.45, 7) is 3.96. The Morgan fingerprint density at radius 3 is 2.90 bits per heavy atom. The van der Waals surface area contributed by atoms with Crippen molar-refractivity contribution in [3.63, 3.8) is 0 Å². The summed E-state index contributed by atoms with van der Waals surface area (Å²) in [6.07, 6.45) is 6.66. The maximum atomic E-state index is 5.73. The number of rotatable bonds is 5. The van der Waals surface area contributed by atoms with E-state index in [0.29, 0.717) is 12.1 Å². The van der Waals surface area contributed by atoms with E-state index < -0.39 is 0 Å². The van der Waals surface area contributed by atoms with Crippen LogP contribution in [0.2, 0.25) is 0 Å². The highest BCUT2D eigenvalue weighted by Crippen LogP contribution is 2.35. The highest BCUT2D eigenvalue weighted by atomic mass is 16.5. The second-order valence-corrected chi connectivity index (χ2v) is 5.98. The lowest BCUT2D eigenvalue weighted by atomic mass is 9.93. The number of benzene rings is 1. The fourth-order valence-electron chi connectivity index (χ4n) is 3.79. The number of hydrogen-bond donors (Lipinski definition) is 2. The Morgan fingerprint density at radius 1 is 1.20 bits per heavy atom. The summed E-state index contributed by atoms with van der Waals surface area (Å²) in [7, 11) is 0. The van der Waals surface area contributed by atoms with Gasteiger partial charge in [-0.3, -0.25) is 0 Å². The fraction of sp³-hybridized carbons (Fsp3) is 0.647. The van der Waals surface area contributed by atoms with E-state index >= 15 is 0 Å². The summed E-state index contributed by atoms with van der Waals surface area (Å²) >= 11 is 0. The third-order valence-electron chi connectivity index (χ3n) is 4.71. The average Bonchev–Trinajstić information content (AvgIpc) is 3.11. The Balaban J connectivity index is 1.69. The Hall–Kier alpha value is -1.22. The molecule has 2 aliphatic rings. The van der Waals surface area contributed by atoms with Crippen molar-refractivity contribution in [2.75, 3.05) is 18.5 Å². The summed E-state index contributed by atoms with van der Waals surface area (Å²) in [5, 5.41) is 7.44. The van der Waals surface area contributed by atoms with Gasteiger partial charge in [0.2, 0.25) is 0 Å². The molecule has 1 aliphatic heterocycles. The lowest BCUT2D eigenvalue weighted by Gasteiger charge is -2.28. The Kier molecular flexibility index (Phi) is 4.46. The van der Waals surface area contributed by atoms with Crippen LogP contribution in [0.1, 0.15) is 39.0 Å². The van der Waals surface area contributed by atoms with Crippen LogP contribution < -0.4 is 15.4 Å². The summed E-state index contributed by atoms with van der Waals surface area (Å²) < 4.78 is 5.73. The van der Waals surface area contributed by atoms with Crippen molar-refractivity contribution in [2.45, 2.75) is 51.1 Å². The van der Waals surface area contributed by atoms with Crippen molar-refractivity contribution in [1.29, 1.82) is 0 Å². The zero-order valence-corrected chi connectivity index (χ0v) is 12.4. The third-order valence-corrected chi connectivity index (χ3v) is 4.71. The van der Waals surface area contributed by atoms with Crippen LogP contribution in [-0.2, 0) is 0 Å². The molecule has 0 aromatic heterocycles. The highest BCUT2D eigenvalue weighted by Gasteiger charge is 2.35. The smallest absolute Gasteiger partial charge is 0.142 e. The van der Waals surface area contributed by atoms with Gasteiger partial charge in [-0.1, -0.05) is 18.6 Å². The van der Waals surface area contributed by atoms with Crippen LogP contribution in [0.25, 0.3) is 0 Å². The molecule has 1 aliphatic carbocycles. The Labute approximate surface area is 122 Å².